The van der Waals surface area contributed by atoms with Crippen molar-refractivity contribution >= 4 is 6.01 Å². The Kier molecular flexibility index (Phi) is 4.63. The highest BCUT2D eigenvalue weighted by Crippen LogP contribution is 2.28. The Morgan fingerprint density at radius 1 is 1.30 bits per heavy atom. The maximum Gasteiger partial charge on any atom is 0.312 e. The molecule has 1 aromatic carbocycles. The number of aliphatic hydroxyl groups excluding tert-OH is 1. The van der Waals surface area contributed by atoms with Gasteiger partial charge in [-0.15, -0.1) is 5.10 Å². The smallest absolute Gasteiger partial charge is 0.312 e. The summed E-state index contributed by atoms with van der Waals surface area (Å²) in [4.78, 5) is 2.26. The molecule has 0 saturated carbocycles. The van der Waals surface area contributed by atoms with E-state index in [1.165, 1.54) is 11.1 Å². The van der Waals surface area contributed by atoms with Gasteiger partial charge in [-0.05, 0) is 38.8 Å². The fourth-order valence-electron chi connectivity index (χ4n) is 3.39. The average Bonchev–Trinajstić information content (AvgIpc) is 2.93. The lowest BCUT2D eigenvalue weighted by atomic mass is 9.96. The third kappa shape index (κ3) is 3.89. The SMILES string of the molecule is Cc1cc(C)cc(C(O)CN2CCCC(c3nnc(N)o3)C2)c1. The van der Waals surface area contributed by atoms with Crippen LogP contribution < -0.4 is 5.73 Å². The highest BCUT2D eigenvalue weighted by atomic mass is 16.4. The van der Waals surface area contributed by atoms with Crippen LogP contribution in [0.4, 0.5) is 6.01 Å². The molecule has 0 radical (unpaired) electrons. The van der Waals surface area contributed by atoms with Crippen LogP contribution in [0.1, 0.15) is 47.4 Å². The summed E-state index contributed by atoms with van der Waals surface area (Å²) in [6, 6.07) is 6.34. The second-order valence-corrected chi connectivity index (χ2v) is 6.51. The highest BCUT2D eigenvalue weighted by molar-refractivity contribution is 5.30. The molecule has 3 rings (SSSR count). The monoisotopic (exact) mass is 316 g/mol. The van der Waals surface area contributed by atoms with Gasteiger partial charge in [0.25, 0.3) is 0 Å². The van der Waals surface area contributed by atoms with Crippen molar-refractivity contribution in [1.82, 2.24) is 15.1 Å². The molecule has 0 amide bonds. The summed E-state index contributed by atoms with van der Waals surface area (Å²) in [7, 11) is 0. The van der Waals surface area contributed by atoms with Crippen LogP contribution in [0.15, 0.2) is 22.6 Å². The van der Waals surface area contributed by atoms with Crippen LogP contribution in [-0.2, 0) is 0 Å². The number of β-amino-alcohol motifs (C(OH)–C–C–N with tert-alkyl or cyclic N) is 1. The summed E-state index contributed by atoms with van der Waals surface area (Å²) in [5, 5.41) is 18.3. The minimum atomic E-state index is -0.486. The molecule has 3 N–H and O–H groups in total. The van der Waals surface area contributed by atoms with E-state index in [-0.39, 0.29) is 11.9 Å². The molecule has 0 spiro atoms. The molecule has 1 saturated heterocycles. The van der Waals surface area contributed by atoms with Gasteiger partial charge < -0.3 is 15.3 Å². The maximum atomic E-state index is 10.6. The first kappa shape index (κ1) is 16.0. The number of aliphatic hydroxyl groups is 1. The van der Waals surface area contributed by atoms with Crippen LogP contribution in [0, 0.1) is 13.8 Å². The molecule has 23 heavy (non-hydrogen) atoms. The number of nitrogens with zero attached hydrogens (tertiary/aromatic N) is 3. The molecule has 0 bridgehead atoms. The number of hydrogen-bond acceptors (Lipinski definition) is 6. The average molecular weight is 316 g/mol. The standard InChI is InChI=1S/C17H24N4O2/c1-11-6-12(2)8-14(7-11)15(22)10-21-5-3-4-13(9-21)16-19-20-17(18)23-16/h6-8,13,15,22H,3-5,9-10H2,1-2H3,(H2,18,20). The van der Waals surface area contributed by atoms with Gasteiger partial charge in [0.05, 0.1) is 12.0 Å². The van der Waals surface area contributed by atoms with Crippen LogP contribution >= 0.6 is 0 Å². The molecular weight excluding hydrogens is 292 g/mol. The Bertz CT molecular complexity index is 650. The zero-order valence-corrected chi connectivity index (χ0v) is 13.7. The first-order chi connectivity index (χ1) is 11.0. The van der Waals surface area contributed by atoms with E-state index < -0.39 is 6.10 Å². The second-order valence-electron chi connectivity index (χ2n) is 6.51. The molecule has 1 aliphatic heterocycles. The lowest BCUT2D eigenvalue weighted by Gasteiger charge is -2.32. The fraction of sp³-hybridized carbons (Fsp3) is 0.529. The second kappa shape index (κ2) is 6.68. The van der Waals surface area contributed by atoms with E-state index >= 15 is 0 Å². The number of likely N-dealkylation sites (tertiary alicyclic amines) is 1. The summed E-state index contributed by atoms with van der Waals surface area (Å²) in [5.41, 5.74) is 8.84. The van der Waals surface area contributed by atoms with Crippen LogP contribution in [0.25, 0.3) is 0 Å². The number of aromatic nitrogens is 2. The van der Waals surface area contributed by atoms with Gasteiger partial charge in [-0.25, -0.2) is 0 Å². The molecule has 0 aliphatic carbocycles. The van der Waals surface area contributed by atoms with Crippen molar-refractivity contribution in [2.75, 3.05) is 25.4 Å². The Morgan fingerprint density at radius 2 is 2.04 bits per heavy atom. The van der Waals surface area contributed by atoms with E-state index in [9.17, 15) is 5.11 Å². The quantitative estimate of drug-likeness (QED) is 0.899. The normalized spacial score (nSPS) is 20.6. The van der Waals surface area contributed by atoms with Gasteiger partial charge in [0.2, 0.25) is 5.89 Å². The molecular formula is C17H24N4O2. The topological polar surface area (TPSA) is 88.4 Å². The van der Waals surface area contributed by atoms with Crippen molar-refractivity contribution in [3.8, 4) is 0 Å². The van der Waals surface area contributed by atoms with Gasteiger partial charge in [0, 0.05) is 13.1 Å². The number of piperidine rings is 1. The molecule has 1 aromatic heterocycles. The van der Waals surface area contributed by atoms with Gasteiger partial charge in [0.15, 0.2) is 0 Å². The molecule has 2 unspecified atom stereocenters. The van der Waals surface area contributed by atoms with Crippen molar-refractivity contribution in [3.05, 3.63) is 40.8 Å². The molecule has 6 heteroatoms. The molecule has 124 valence electrons. The van der Waals surface area contributed by atoms with Crippen LogP contribution in [0.5, 0.6) is 0 Å². The fourth-order valence-corrected chi connectivity index (χ4v) is 3.39. The molecule has 2 aromatic rings. The van der Waals surface area contributed by atoms with E-state index in [2.05, 4.69) is 47.1 Å². The predicted octanol–water partition coefficient (Wildman–Crippen LogP) is 2.18. The van der Waals surface area contributed by atoms with E-state index in [1.54, 1.807) is 0 Å². The van der Waals surface area contributed by atoms with E-state index in [1.807, 2.05) is 0 Å². The van der Waals surface area contributed by atoms with Crippen molar-refractivity contribution < 1.29 is 9.52 Å². The molecule has 2 atom stereocenters. The number of nitrogen functional groups attached to an aromatic ring is 1. The number of hydrogen-bond donors (Lipinski definition) is 2. The van der Waals surface area contributed by atoms with Crippen LogP contribution in [0.3, 0.4) is 0 Å². The van der Waals surface area contributed by atoms with Gasteiger partial charge in [-0.1, -0.05) is 34.4 Å². The van der Waals surface area contributed by atoms with E-state index in [0.717, 1.165) is 31.5 Å². The minimum absolute atomic E-state index is 0.118. The van der Waals surface area contributed by atoms with Crippen molar-refractivity contribution in [2.24, 2.45) is 0 Å². The zero-order valence-electron chi connectivity index (χ0n) is 13.7. The zero-order chi connectivity index (χ0) is 16.4. The predicted molar refractivity (Wildman–Crippen MR) is 88.0 cm³/mol. The Hall–Kier alpha value is -1.92. The lowest BCUT2D eigenvalue weighted by molar-refractivity contribution is 0.0921. The lowest BCUT2D eigenvalue weighted by Crippen LogP contribution is -2.37. The summed E-state index contributed by atoms with van der Waals surface area (Å²) in [6.45, 7) is 6.51. The third-order valence-electron chi connectivity index (χ3n) is 4.37. The Morgan fingerprint density at radius 3 is 2.70 bits per heavy atom. The minimum Gasteiger partial charge on any atom is -0.408 e. The Balaban J connectivity index is 1.65. The van der Waals surface area contributed by atoms with Gasteiger partial charge >= 0.3 is 6.01 Å². The summed E-state index contributed by atoms with van der Waals surface area (Å²) >= 11 is 0. The molecule has 1 fully saturated rings. The summed E-state index contributed by atoms with van der Waals surface area (Å²) in [5.74, 6) is 0.799. The van der Waals surface area contributed by atoms with Crippen molar-refractivity contribution in [1.29, 1.82) is 0 Å². The first-order valence-electron chi connectivity index (χ1n) is 8.09. The molecule has 6 nitrogen and oxygen atoms in total. The van der Waals surface area contributed by atoms with E-state index in [0.29, 0.717) is 12.4 Å². The van der Waals surface area contributed by atoms with Gasteiger partial charge in [-0.3, -0.25) is 4.90 Å². The number of rotatable bonds is 4. The summed E-state index contributed by atoms with van der Waals surface area (Å²) in [6.07, 6.45) is 1.57. The number of anilines is 1. The van der Waals surface area contributed by atoms with Crippen LogP contribution in [0.2, 0.25) is 0 Å². The maximum absolute atomic E-state index is 10.6. The van der Waals surface area contributed by atoms with Crippen molar-refractivity contribution in [2.45, 2.75) is 38.7 Å². The number of aryl methyl sites for hydroxylation is 2. The van der Waals surface area contributed by atoms with E-state index in [4.69, 9.17) is 10.2 Å². The molecule has 1 aliphatic rings. The van der Waals surface area contributed by atoms with Gasteiger partial charge in [0.1, 0.15) is 0 Å². The first-order valence-corrected chi connectivity index (χ1v) is 8.09. The van der Waals surface area contributed by atoms with Crippen molar-refractivity contribution in [3.63, 3.8) is 0 Å². The van der Waals surface area contributed by atoms with Gasteiger partial charge in [-0.2, -0.15) is 0 Å². The molecule has 2 heterocycles. The largest absolute Gasteiger partial charge is 0.408 e. The number of benzene rings is 1. The third-order valence-corrected chi connectivity index (χ3v) is 4.37. The number of nitrogens with two attached hydrogens (primary N) is 1. The Labute approximate surface area is 136 Å². The van der Waals surface area contributed by atoms with Crippen LogP contribution in [-0.4, -0.2) is 39.8 Å². The highest BCUT2D eigenvalue weighted by Gasteiger charge is 2.27. The summed E-state index contributed by atoms with van der Waals surface area (Å²) < 4.78 is 5.36.